The molecule has 0 unspecified atom stereocenters. The first-order valence-electron chi connectivity index (χ1n) is 8.80. The van der Waals surface area contributed by atoms with Crippen LogP contribution in [-0.2, 0) is 19.4 Å². The van der Waals surface area contributed by atoms with Gasteiger partial charge in [0.05, 0.1) is 33.1 Å². The fourth-order valence-corrected chi connectivity index (χ4v) is 3.19. The number of rotatable bonds is 5. The van der Waals surface area contributed by atoms with E-state index in [2.05, 4.69) is 5.10 Å². The third kappa shape index (κ3) is 5.66. The number of methoxy groups -OCH3 is 2. The molecule has 3 rings (SSSR count). The van der Waals surface area contributed by atoms with E-state index in [1.54, 1.807) is 6.07 Å². The number of hydrogen-bond acceptors (Lipinski definition) is 5. The highest BCUT2D eigenvalue weighted by Crippen LogP contribution is 2.30. The van der Waals surface area contributed by atoms with Gasteiger partial charge >= 0.3 is 6.18 Å². The summed E-state index contributed by atoms with van der Waals surface area (Å²) in [6, 6.07) is 6.58. The molecule has 1 aromatic heterocycles. The molecule has 0 spiro atoms. The summed E-state index contributed by atoms with van der Waals surface area (Å²) in [6.45, 7) is -0.999. The number of halogens is 6. The Bertz CT molecular complexity index is 1070. The van der Waals surface area contributed by atoms with Crippen LogP contribution >= 0.6 is 22.6 Å². The van der Waals surface area contributed by atoms with E-state index in [-0.39, 0.29) is 34.9 Å². The number of benzene rings is 2. The van der Waals surface area contributed by atoms with E-state index >= 15 is 0 Å². The molecule has 0 aliphatic rings. The second kappa shape index (κ2) is 10.9. The Labute approximate surface area is 193 Å². The van der Waals surface area contributed by atoms with Crippen LogP contribution in [0.15, 0.2) is 36.5 Å². The monoisotopic (exact) mass is 572 g/mol. The first-order chi connectivity index (χ1) is 15.1. The summed E-state index contributed by atoms with van der Waals surface area (Å²) in [5.41, 5.74) is -0.991. The Balaban J connectivity index is 0.000000258. The van der Waals surface area contributed by atoms with E-state index in [0.29, 0.717) is 3.57 Å². The van der Waals surface area contributed by atoms with Crippen molar-refractivity contribution in [1.82, 2.24) is 9.78 Å². The third-order valence-corrected chi connectivity index (χ3v) is 5.23. The van der Waals surface area contributed by atoms with Crippen LogP contribution in [0.25, 0.3) is 5.69 Å². The maximum absolute atomic E-state index is 13.9. The summed E-state index contributed by atoms with van der Waals surface area (Å²) in [5, 5.41) is 21.3. The topological polar surface area (TPSA) is 76.7 Å². The first kappa shape index (κ1) is 25.8. The van der Waals surface area contributed by atoms with Gasteiger partial charge in [-0.25, -0.2) is 13.5 Å². The zero-order valence-electron chi connectivity index (χ0n) is 16.8. The fourth-order valence-electron chi connectivity index (χ4n) is 2.60. The quantitative estimate of drug-likeness (QED) is 0.349. The molecule has 0 fully saturated rings. The van der Waals surface area contributed by atoms with Crippen molar-refractivity contribution < 1.29 is 41.6 Å². The van der Waals surface area contributed by atoms with Crippen LogP contribution < -0.4 is 9.47 Å². The molecule has 6 nitrogen and oxygen atoms in total. The van der Waals surface area contributed by atoms with E-state index in [1.807, 2.05) is 22.6 Å². The largest absolute Gasteiger partial charge is 0.494 e. The Morgan fingerprint density at radius 1 is 0.906 bits per heavy atom. The van der Waals surface area contributed by atoms with Gasteiger partial charge in [0.2, 0.25) is 0 Å². The minimum Gasteiger partial charge on any atom is -0.494 e. The number of aliphatic hydroxyl groups excluding tert-OH is 2. The van der Waals surface area contributed by atoms with Crippen molar-refractivity contribution in [3.63, 3.8) is 0 Å². The van der Waals surface area contributed by atoms with E-state index in [9.17, 15) is 27.1 Å². The molecule has 1 heterocycles. The Kier molecular flexibility index (Phi) is 8.81. The number of ether oxygens (including phenoxy) is 2. The van der Waals surface area contributed by atoms with Crippen molar-refractivity contribution >= 4 is 22.6 Å². The zero-order valence-corrected chi connectivity index (χ0v) is 18.9. The van der Waals surface area contributed by atoms with E-state index in [0.717, 1.165) is 16.9 Å². The molecular formula is C20H18F5IN2O4. The minimum atomic E-state index is -4.59. The van der Waals surface area contributed by atoms with Crippen molar-refractivity contribution in [2.75, 3.05) is 14.2 Å². The average molecular weight is 572 g/mol. The second-order valence-electron chi connectivity index (χ2n) is 6.08. The molecule has 0 atom stereocenters. The highest BCUT2D eigenvalue weighted by Gasteiger charge is 2.34. The third-order valence-electron chi connectivity index (χ3n) is 4.22. The molecule has 3 aromatic rings. The molecule has 0 aliphatic heterocycles. The maximum atomic E-state index is 13.9. The van der Waals surface area contributed by atoms with Crippen LogP contribution in [0, 0.1) is 15.2 Å². The Morgan fingerprint density at radius 3 is 1.91 bits per heavy atom. The molecule has 0 amide bonds. The molecule has 0 bridgehead atoms. The van der Waals surface area contributed by atoms with Gasteiger partial charge in [-0.3, -0.25) is 0 Å². The van der Waals surface area contributed by atoms with Gasteiger partial charge in [0.15, 0.2) is 28.8 Å². The predicted molar refractivity (Wildman–Crippen MR) is 113 cm³/mol. The smallest absolute Gasteiger partial charge is 0.435 e. The standard InChI is InChI=1S/C12H10F4N2O2.C8H8FIO2/c1-20-9-3-2-8(7(6-19)11(9)13)18-5-4-10(17-18)12(14,15)16;1-12-7-3-2-6(10)5(4-11)8(7)9/h2-5,19H,6H2,1H3;2-3,11H,4H2,1H3. The van der Waals surface area contributed by atoms with Gasteiger partial charge in [-0.2, -0.15) is 18.3 Å². The summed E-state index contributed by atoms with van der Waals surface area (Å²) < 4.78 is 75.6. The number of alkyl halides is 3. The summed E-state index contributed by atoms with van der Waals surface area (Å²) in [6.07, 6.45) is -3.54. The average Bonchev–Trinajstić information content (AvgIpc) is 3.25. The molecule has 2 aromatic carbocycles. The number of hydrogen-bond donors (Lipinski definition) is 2. The van der Waals surface area contributed by atoms with E-state index < -0.39 is 30.1 Å². The van der Waals surface area contributed by atoms with Crippen molar-refractivity contribution in [2.24, 2.45) is 0 Å². The van der Waals surface area contributed by atoms with Gasteiger partial charge in [-0.1, -0.05) is 0 Å². The van der Waals surface area contributed by atoms with Gasteiger partial charge in [-0.15, -0.1) is 0 Å². The molecule has 0 aliphatic carbocycles. The van der Waals surface area contributed by atoms with Gasteiger partial charge in [0.1, 0.15) is 0 Å². The number of aromatic nitrogens is 2. The Morgan fingerprint density at radius 2 is 1.44 bits per heavy atom. The number of aliphatic hydroxyl groups is 2. The molecule has 0 saturated heterocycles. The van der Waals surface area contributed by atoms with Crippen LogP contribution in [0.4, 0.5) is 22.0 Å². The second-order valence-corrected chi connectivity index (χ2v) is 7.24. The molecule has 32 heavy (non-hydrogen) atoms. The van der Waals surface area contributed by atoms with Crippen molar-refractivity contribution in [1.29, 1.82) is 0 Å². The molecular weight excluding hydrogens is 554 g/mol. The molecule has 2 N–H and O–H groups in total. The van der Waals surface area contributed by atoms with Crippen LogP contribution in [0.3, 0.4) is 0 Å². The summed E-state index contributed by atoms with van der Waals surface area (Å²) in [4.78, 5) is 0. The van der Waals surface area contributed by atoms with Gasteiger partial charge in [-0.05, 0) is 52.9 Å². The molecule has 0 saturated carbocycles. The zero-order chi connectivity index (χ0) is 24.1. The lowest BCUT2D eigenvalue weighted by Crippen LogP contribution is -2.09. The molecule has 174 valence electrons. The van der Waals surface area contributed by atoms with Crippen LogP contribution in [-0.4, -0.2) is 34.2 Å². The fraction of sp³-hybridized carbons (Fsp3) is 0.250. The normalized spacial score (nSPS) is 11.1. The van der Waals surface area contributed by atoms with Crippen molar-refractivity contribution in [3.05, 3.63) is 68.6 Å². The van der Waals surface area contributed by atoms with Crippen LogP contribution in [0.5, 0.6) is 11.5 Å². The van der Waals surface area contributed by atoms with Crippen LogP contribution in [0.2, 0.25) is 0 Å². The minimum absolute atomic E-state index is 0.0151. The highest BCUT2D eigenvalue weighted by atomic mass is 127. The van der Waals surface area contributed by atoms with E-state index in [4.69, 9.17) is 14.6 Å². The number of nitrogens with zero attached hydrogens (tertiary/aromatic N) is 2. The van der Waals surface area contributed by atoms with Crippen LogP contribution in [0.1, 0.15) is 16.8 Å². The molecule has 0 radical (unpaired) electrons. The molecule has 12 heteroatoms. The lowest BCUT2D eigenvalue weighted by Gasteiger charge is -2.11. The lowest BCUT2D eigenvalue weighted by atomic mass is 10.1. The SMILES string of the molecule is COc1ccc(-n2ccc(C(F)(F)F)n2)c(CO)c1F.COc1ccc(I)c(CO)c1F. The first-order valence-corrected chi connectivity index (χ1v) is 9.88. The predicted octanol–water partition coefficient (Wildman–Crippen LogP) is 4.46. The van der Waals surface area contributed by atoms with Gasteiger partial charge in [0.25, 0.3) is 0 Å². The van der Waals surface area contributed by atoms with Gasteiger partial charge in [0, 0.05) is 20.9 Å². The summed E-state index contributed by atoms with van der Waals surface area (Å²) >= 11 is 1.96. The van der Waals surface area contributed by atoms with Gasteiger partial charge < -0.3 is 19.7 Å². The Hall–Kier alpha value is -2.45. The highest BCUT2D eigenvalue weighted by molar-refractivity contribution is 14.1. The van der Waals surface area contributed by atoms with Crippen molar-refractivity contribution in [2.45, 2.75) is 19.4 Å². The lowest BCUT2D eigenvalue weighted by molar-refractivity contribution is -0.141. The maximum Gasteiger partial charge on any atom is 0.435 e. The van der Waals surface area contributed by atoms with Crippen molar-refractivity contribution in [3.8, 4) is 17.2 Å². The van der Waals surface area contributed by atoms with E-state index in [1.165, 1.54) is 32.4 Å². The summed E-state index contributed by atoms with van der Waals surface area (Å²) in [5.74, 6) is -1.26. The summed E-state index contributed by atoms with van der Waals surface area (Å²) in [7, 11) is 2.64.